The number of hydrogen-bond acceptors (Lipinski definition) is 7. The molecular formula is C35H44N3NaO5S. The summed E-state index contributed by atoms with van der Waals surface area (Å²) in [5.41, 5.74) is 0.739. The second kappa shape index (κ2) is 15.0. The SMILES string of the molecule is CC(=O)N(c1cc(C#CC(C)(C)C)sc1C(=O)[O-])C1(C2CCC(Oc3ccc(CN4CCCC4=O)cn3)CC2)CCCCC1.[Na+]. The van der Waals surface area contributed by atoms with E-state index in [9.17, 15) is 19.5 Å². The van der Waals surface area contributed by atoms with Gasteiger partial charge in [0.25, 0.3) is 0 Å². The maximum atomic E-state index is 13.5. The molecule has 3 heterocycles. The van der Waals surface area contributed by atoms with Gasteiger partial charge in [0, 0.05) is 44.1 Å². The van der Waals surface area contributed by atoms with Crippen molar-refractivity contribution < 1.29 is 53.8 Å². The van der Waals surface area contributed by atoms with Crippen LogP contribution in [-0.2, 0) is 16.1 Å². The third kappa shape index (κ3) is 8.51. The first kappa shape index (κ1) is 35.5. The number of anilines is 1. The normalized spacial score (nSPS) is 21.3. The van der Waals surface area contributed by atoms with E-state index in [1.165, 1.54) is 0 Å². The molecule has 2 saturated carbocycles. The Bertz CT molecular complexity index is 1420. The number of amides is 2. The van der Waals surface area contributed by atoms with Gasteiger partial charge in [0.1, 0.15) is 6.10 Å². The van der Waals surface area contributed by atoms with Crippen LogP contribution in [0.3, 0.4) is 0 Å². The zero-order valence-corrected chi connectivity index (χ0v) is 30.3. The number of thiophene rings is 1. The van der Waals surface area contributed by atoms with Gasteiger partial charge in [-0.25, -0.2) is 4.98 Å². The minimum Gasteiger partial charge on any atom is -0.544 e. The number of ether oxygens (including phenoxy) is 1. The van der Waals surface area contributed by atoms with Crippen LogP contribution < -0.4 is 44.3 Å². The molecule has 0 unspecified atom stereocenters. The first-order valence-corrected chi connectivity index (χ1v) is 16.9. The Balaban J connectivity index is 0.00000461. The Morgan fingerprint density at radius 2 is 1.84 bits per heavy atom. The summed E-state index contributed by atoms with van der Waals surface area (Å²) in [6.07, 6.45) is 11.6. The molecule has 2 amide bonds. The zero-order chi connectivity index (χ0) is 31.5. The molecule has 0 atom stereocenters. The van der Waals surface area contributed by atoms with Gasteiger partial charge >= 0.3 is 29.6 Å². The topological polar surface area (TPSA) is 103 Å². The van der Waals surface area contributed by atoms with Crippen molar-refractivity contribution in [2.45, 2.75) is 117 Å². The quantitative estimate of drug-likeness (QED) is 0.325. The van der Waals surface area contributed by atoms with Crippen LogP contribution in [0.25, 0.3) is 0 Å². The van der Waals surface area contributed by atoms with Gasteiger partial charge in [-0.3, -0.25) is 9.59 Å². The van der Waals surface area contributed by atoms with Crippen LogP contribution in [0.5, 0.6) is 5.88 Å². The van der Waals surface area contributed by atoms with Crippen molar-refractivity contribution in [3.8, 4) is 17.7 Å². The zero-order valence-electron chi connectivity index (χ0n) is 27.4. The summed E-state index contributed by atoms with van der Waals surface area (Å²) < 4.78 is 6.30. The summed E-state index contributed by atoms with van der Waals surface area (Å²) in [6, 6.07) is 5.66. The molecule has 0 aromatic carbocycles. The average Bonchev–Trinajstić information content (AvgIpc) is 3.59. The Kier molecular flexibility index (Phi) is 11.8. The largest absolute Gasteiger partial charge is 1.00 e. The van der Waals surface area contributed by atoms with Gasteiger partial charge < -0.3 is 24.4 Å². The molecule has 3 aliphatic rings. The van der Waals surface area contributed by atoms with Gasteiger partial charge in [-0.15, -0.1) is 11.3 Å². The fourth-order valence-corrected chi connectivity index (χ4v) is 8.09. The minimum absolute atomic E-state index is 0. The summed E-state index contributed by atoms with van der Waals surface area (Å²) in [7, 11) is 0. The van der Waals surface area contributed by atoms with Crippen molar-refractivity contribution >= 4 is 34.8 Å². The molecule has 0 N–H and O–H groups in total. The van der Waals surface area contributed by atoms with Gasteiger partial charge in [-0.05, 0) is 83.3 Å². The summed E-state index contributed by atoms with van der Waals surface area (Å²) >= 11 is 1.10. The number of nitrogens with zero attached hydrogens (tertiary/aromatic N) is 3. The van der Waals surface area contributed by atoms with E-state index in [0.29, 0.717) is 29.4 Å². The Morgan fingerprint density at radius 3 is 2.40 bits per heavy atom. The summed E-state index contributed by atoms with van der Waals surface area (Å²) in [5, 5.41) is 12.3. The van der Waals surface area contributed by atoms with E-state index in [4.69, 9.17) is 4.74 Å². The first-order valence-electron chi connectivity index (χ1n) is 16.0. The number of carbonyl (C=O) groups is 3. The van der Waals surface area contributed by atoms with Gasteiger partial charge in [-0.2, -0.15) is 0 Å². The average molecular weight is 642 g/mol. The third-order valence-electron chi connectivity index (χ3n) is 9.24. The standard InChI is InChI=1S/C35H45N3O5S.Na/c1-24(39)38(29-21-28(16-19-34(2,3)4)44-32(29)33(41)42)35(17-6-5-7-18-35)26-11-13-27(14-12-26)43-30-15-10-25(22-36-30)23-37-20-8-9-31(37)40;/h10,15,21-22,26-27H,5-9,11-14,17-18,20,23H2,1-4H3,(H,41,42);/q;+1/p-1. The van der Waals surface area contributed by atoms with E-state index in [-0.39, 0.29) is 63.7 Å². The molecule has 2 aliphatic carbocycles. The molecule has 0 spiro atoms. The molecule has 45 heavy (non-hydrogen) atoms. The second-order valence-electron chi connectivity index (χ2n) is 13.6. The van der Waals surface area contributed by atoms with Crippen molar-refractivity contribution in [1.29, 1.82) is 0 Å². The van der Waals surface area contributed by atoms with Crippen molar-refractivity contribution in [2.75, 3.05) is 11.4 Å². The molecular weight excluding hydrogens is 597 g/mol. The number of rotatable bonds is 8. The van der Waals surface area contributed by atoms with Crippen molar-refractivity contribution in [2.24, 2.45) is 11.3 Å². The van der Waals surface area contributed by atoms with E-state index in [1.54, 1.807) is 19.2 Å². The molecule has 1 saturated heterocycles. The van der Waals surface area contributed by atoms with Gasteiger partial charge in [0.05, 0.1) is 26.9 Å². The number of hydrogen-bond donors (Lipinski definition) is 0. The fourth-order valence-electron chi connectivity index (χ4n) is 7.26. The molecule has 5 rings (SSSR count). The summed E-state index contributed by atoms with van der Waals surface area (Å²) in [5.74, 6) is 5.93. The third-order valence-corrected chi connectivity index (χ3v) is 10.3. The van der Waals surface area contributed by atoms with E-state index >= 15 is 0 Å². The Labute approximate surface area is 293 Å². The van der Waals surface area contributed by atoms with Crippen LogP contribution in [0, 0.1) is 23.2 Å². The molecule has 0 radical (unpaired) electrons. The predicted octanol–water partition coefficient (Wildman–Crippen LogP) is 2.72. The van der Waals surface area contributed by atoms with Gasteiger partial charge in [0.15, 0.2) is 0 Å². The molecule has 236 valence electrons. The van der Waals surface area contributed by atoms with Crippen molar-refractivity contribution in [1.82, 2.24) is 9.88 Å². The molecule has 2 aromatic heterocycles. The van der Waals surface area contributed by atoms with E-state index < -0.39 is 11.5 Å². The number of pyridine rings is 1. The molecule has 1 aliphatic heterocycles. The van der Waals surface area contributed by atoms with Crippen LogP contribution >= 0.6 is 11.3 Å². The van der Waals surface area contributed by atoms with Crippen LogP contribution in [0.2, 0.25) is 0 Å². The van der Waals surface area contributed by atoms with Gasteiger partial charge in [-0.1, -0.05) is 37.2 Å². The number of carboxylic acid groups (broad SMARTS) is 1. The maximum Gasteiger partial charge on any atom is 1.00 e. The van der Waals surface area contributed by atoms with Crippen LogP contribution in [0.15, 0.2) is 24.4 Å². The van der Waals surface area contributed by atoms with Crippen molar-refractivity contribution in [3.05, 3.63) is 39.7 Å². The Morgan fingerprint density at radius 1 is 1.13 bits per heavy atom. The van der Waals surface area contributed by atoms with Gasteiger partial charge in [0.2, 0.25) is 17.7 Å². The summed E-state index contributed by atoms with van der Waals surface area (Å²) in [6.45, 7) is 8.97. The number of likely N-dealkylation sites (tertiary alicyclic amines) is 1. The molecule has 3 fully saturated rings. The number of carboxylic acids is 1. The van der Waals surface area contributed by atoms with Crippen LogP contribution in [0.1, 0.15) is 118 Å². The molecule has 8 nitrogen and oxygen atoms in total. The van der Waals surface area contributed by atoms with Crippen LogP contribution in [-0.4, -0.2) is 45.9 Å². The van der Waals surface area contributed by atoms with E-state index in [0.717, 1.165) is 87.7 Å². The predicted molar refractivity (Wildman–Crippen MR) is 169 cm³/mol. The molecule has 10 heteroatoms. The number of aromatic nitrogens is 1. The summed E-state index contributed by atoms with van der Waals surface area (Å²) in [4.78, 5) is 46.7. The second-order valence-corrected chi connectivity index (χ2v) is 14.7. The minimum atomic E-state index is -1.27. The van der Waals surface area contributed by atoms with Crippen LogP contribution in [0.4, 0.5) is 5.69 Å². The number of aromatic carboxylic acids is 1. The number of carbonyl (C=O) groups excluding carboxylic acids is 3. The Hall–Kier alpha value is -2.38. The fraction of sp³-hybridized carbons (Fsp3) is 0.600. The van der Waals surface area contributed by atoms with E-state index in [1.807, 2.05) is 42.7 Å². The molecule has 0 bridgehead atoms. The first-order chi connectivity index (χ1) is 20.9. The maximum absolute atomic E-state index is 13.5. The molecule has 2 aromatic rings. The van der Waals surface area contributed by atoms with Crippen molar-refractivity contribution in [3.63, 3.8) is 0 Å². The van der Waals surface area contributed by atoms with E-state index in [2.05, 4.69) is 16.8 Å². The smallest absolute Gasteiger partial charge is 0.544 e. The monoisotopic (exact) mass is 641 g/mol.